The third-order valence-corrected chi connectivity index (χ3v) is 4.10. The third-order valence-electron chi connectivity index (χ3n) is 3.30. The molecule has 2 aromatic rings. The van der Waals surface area contributed by atoms with E-state index in [-0.39, 0.29) is 6.04 Å². The van der Waals surface area contributed by atoms with Crippen LogP contribution < -0.4 is 11.1 Å². The Morgan fingerprint density at radius 3 is 2.78 bits per heavy atom. The Bertz CT molecular complexity index is 533. The smallest absolute Gasteiger partial charge is 0.142 e. The molecule has 3 rings (SSSR count). The summed E-state index contributed by atoms with van der Waals surface area (Å²) in [4.78, 5) is 4.04. The summed E-state index contributed by atoms with van der Waals surface area (Å²) < 4.78 is 4.27. The van der Waals surface area contributed by atoms with Crippen LogP contribution in [0.1, 0.15) is 42.9 Å². The highest BCUT2D eigenvalue weighted by molar-refractivity contribution is 7.10. The van der Waals surface area contributed by atoms with Crippen molar-refractivity contribution in [2.75, 3.05) is 11.1 Å². The summed E-state index contributed by atoms with van der Waals surface area (Å²) in [5.41, 5.74) is 8.39. The molecule has 2 heterocycles. The minimum Gasteiger partial charge on any atom is -0.383 e. The molecule has 0 bridgehead atoms. The maximum atomic E-state index is 5.95. The maximum absolute atomic E-state index is 5.95. The van der Waals surface area contributed by atoms with E-state index in [0.717, 1.165) is 5.00 Å². The van der Waals surface area contributed by atoms with Gasteiger partial charge in [-0.1, -0.05) is 0 Å². The molecule has 4 nitrogen and oxygen atoms in total. The van der Waals surface area contributed by atoms with Gasteiger partial charge in [-0.25, -0.2) is 0 Å². The quantitative estimate of drug-likeness (QED) is 0.886. The SMILES string of the molecule is CC(Nc1snc(N)c1C1CC1)c1ccncc1. The molecule has 0 aliphatic heterocycles. The lowest BCUT2D eigenvalue weighted by atomic mass is 10.1. The van der Waals surface area contributed by atoms with Crippen LogP contribution in [0.2, 0.25) is 0 Å². The monoisotopic (exact) mass is 260 g/mol. The van der Waals surface area contributed by atoms with Gasteiger partial charge in [-0.3, -0.25) is 4.98 Å². The van der Waals surface area contributed by atoms with Gasteiger partial charge < -0.3 is 11.1 Å². The summed E-state index contributed by atoms with van der Waals surface area (Å²) in [6.07, 6.45) is 6.11. The van der Waals surface area contributed by atoms with E-state index in [4.69, 9.17) is 5.73 Å². The highest BCUT2D eigenvalue weighted by atomic mass is 32.1. The standard InChI is InChI=1S/C13H16N4S/c1-8(9-4-6-15-7-5-9)16-13-11(10-2-3-10)12(14)17-18-13/h4-8,10,16H,2-3H2,1H3,(H2,14,17). The summed E-state index contributed by atoms with van der Waals surface area (Å²) in [6.45, 7) is 2.14. The first-order valence-electron chi connectivity index (χ1n) is 6.17. The fourth-order valence-electron chi connectivity index (χ4n) is 2.11. The Morgan fingerprint density at radius 1 is 1.39 bits per heavy atom. The summed E-state index contributed by atoms with van der Waals surface area (Å²) >= 11 is 1.47. The zero-order valence-electron chi connectivity index (χ0n) is 10.3. The minimum atomic E-state index is 0.241. The first-order chi connectivity index (χ1) is 8.75. The highest BCUT2D eigenvalue weighted by Crippen LogP contribution is 2.48. The molecule has 0 saturated heterocycles. The normalized spacial score (nSPS) is 16.5. The zero-order chi connectivity index (χ0) is 12.5. The maximum Gasteiger partial charge on any atom is 0.142 e. The van der Waals surface area contributed by atoms with Crippen LogP contribution in [-0.2, 0) is 0 Å². The first-order valence-corrected chi connectivity index (χ1v) is 6.94. The Labute approximate surface area is 110 Å². The summed E-state index contributed by atoms with van der Waals surface area (Å²) in [7, 11) is 0. The molecular formula is C13H16N4S. The van der Waals surface area contributed by atoms with Crippen LogP contribution >= 0.6 is 11.5 Å². The van der Waals surface area contributed by atoms with Gasteiger partial charge in [-0.05, 0) is 54.9 Å². The number of nitrogen functional groups attached to an aromatic ring is 1. The fraction of sp³-hybridized carbons (Fsp3) is 0.385. The van der Waals surface area contributed by atoms with E-state index in [1.165, 1.54) is 35.5 Å². The number of pyridine rings is 1. The minimum absolute atomic E-state index is 0.241. The number of nitrogens with one attached hydrogen (secondary N) is 1. The molecule has 5 heteroatoms. The number of anilines is 2. The predicted octanol–water partition coefficient (Wildman–Crippen LogP) is 3.17. The van der Waals surface area contributed by atoms with Crippen LogP contribution in [0.25, 0.3) is 0 Å². The number of nitrogens with two attached hydrogens (primary N) is 1. The number of aromatic nitrogens is 2. The van der Waals surface area contributed by atoms with Crippen LogP contribution in [0.15, 0.2) is 24.5 Å². The van der Waals surface area contributed by atoms with E-state index in [1.807, 2.05) is 24.5 Å². The second-order valence-electron chi connectivity index (χ2n) is 4.73. The molecule has 18 heavy (non-hydrogen) atoms. The molecule has 0 radical (unpaired) electrons. The summed E-state index contributed by atoms with van der Waals surface area (Å²) in [5.74, 6) is 1.32. The van der Waals surface area contributed by atoms with Gasteiger partial charge in [0.1, 0.15) is 10.8 Å². The zero-order valence-corrected chi connectivity index (χ0v) is 11.1. The van der Waals surface area contributed by atoms with Crippen molar-refractivity contribution < 1.29 is 0 Å². The second-order valence-corrected chi connectivity index (χ2v) is 5.50. The fourth-order valence-corrected chi connectivity index (χ4v) is 3.00. The van der Waals surface area contributed by atoms with Crippen molar-refractivity contribution in [3.63, 3.8) is 0 Å². The average Bonchev–Trinajstić information content (AvgIpc) is 3.16. The van der Waals surface area contributed by atoms with Crippen molar-refractivity contribution in [2.24, 2.45) is 0 Å². The lowest BCUT2D eigenvalue weighted by Crippen LogP contribution is -2.07. The van der Waals surface area contributed by atoms with E-state index in [0.29, 0.717) is 11.7 Å². The molecule has 0 aromatic carbocycles. The van der Waals surface area contributed by atoms with Crippen molar-refractivity contribution in [3.05, 3.63) is 35.7 Å². The van der Waals surface area contributed by atoms with Gasteiger partial charge in [-0.2, -0.15) is 4.37 Å². The largest absolute Gasteiger partial charge is 0.383 e. The van der Waals surface area contributed by atoms with Crippen LogP contribution in [0.4, 0.5) is 10.8 Å². The van der Waals surface area contributed by atoms with Crippen molar-refractivity contribution in [1.82, 2.24) is 9.36 Å². The summed E-state index contributed by atoms with van der Waals surface area (Å²) in [6, 6.07) is 4.29. The average molecular weight is 260 g/mol. The number of rotatable bonds is 4. The van der Waals surface area contributed by atoms with Gasteiger partial charge in [-0.15, -0.1) is 0 Å². The highest BCUT2D eigenvalue weighted by Gasteiger charge is 2.30. The molecule has 94 valence electrons. The van der Waals surface area contributed by atoms with E-state index >= 15 is 0 Å². The Balaban J connectivity index is 1.80. The van der Waals surface area contributed by atoms with Crippen LogP contribution in [0.5, 0.6) is 0 Å². The van der Waals surface area contributed by atoms with Crippen molar-refractivity contribution >= 4 is 22.4 Å². The number of hydrogen-bond donors (Lipinski definition) is 2. The van der Waals surface area contributed by atoms with E-state index in [9.17, 15) is 0 Å². The van der Waals surface area contributed by atoms with Gasteiger partial charge in [0.25, 0.3) is 0 Å². The lowest BCUT2D eigenvalue weighted by molar-refractivity contribution is 0.881. The van der Waals surface area contributed by atoms with Crippen molar-refractivity contribution in [3.8, 4) is 0 Å². The van der Waals surface area contributed by atoms with Gasteiger partial charge in [0.15, 0.2) is 0 Å². The number of hydrogen-bond acceptors (Lipinski definition) is 5. The van der Waals surface area contributed by atoms with Gasteiger partial charge in [0, 0.05) is 24.0 Å². The van der Waals surface area contributed by atoms with Crippen molar-refractivity contribution in [1.29, 1.82) is 0 Å². The molecule has 2 aromatic heterocycles. The topological polar surface area (TPSA) is 63.8 Å². The third kappa shape index (κ3) is 2.18. The second kappa shape index (κ2) is 4.57. The molecule has 0 spiro atoms. The Hall–Kier alpha value is -1.62. The van der Waals surface area contributed by atoms with Gasteiger partial charge >= 0.3 is 0 Å². The summed E-state index contributed by atoms with van der Waals surface area (Å²) in [5, 5.41) is 4.64. The lowest BCUT2D eigenvalue weighted by Gasteiger charge is -2.15. The molecule has 1 aliphatic carbocycles. The van der Waals surface area contributed by atoms with E-state index < -0.39 is 0 Å². The van der Waals surface area contributed by atoms with Crippen LogP contribution in [0, 0.1) is 0 Å². The van der Waals surface area contributed by atoms with Crippen LogP contribution in [0.3, 0.4) is 0 Å². The molecule has 1 atom stereocenters. The Morgan fingerprint density at radius 2 is 2.11 bits per heavy atom. The van der Waals surface area contributed by atoms with E-state index in [1.54, 1.807) is 0 Å². The molecule has 1 aliphatic rings. The van der Waals surface area contributed by atoms with Crippen LogP contribution in [-0.4, -0.2) is 9.36 Å². The van der Waals surface area contributed by atoms with Crippen molar-refractivity contribution in [2.45, 2.75) is 31.7 Å². The first kappa shape index (κ1) is 11.5. The molecular weight excluding hydrogens is 244 g/mol. The number of nitrogens with zero attached hydrogens (tertiary/aromatic N) is 2. The molecule has 0 amide bonds. The van der Waals surface area contributed by atoms with Gasteiger partial charge in [0.2, 0.25) is 0 Å². The van der Waals surface area contributed by atoms with E-state index in [2.05, 4.69) is 21.6 Å². The van der Waals surface area contributed by atoms with Gasteiger partial charge in [0.05, 0.1) is 0 Å². The molecule has 3 N–H and O–H groups in total. The Kier molecular flexibility index (Phi) is 2.91. The molecule has 1 saturated carbocycles. The molecule has 1 unspecified atom stereocenters. The predicted molar refractivity (Wildman–Crippen MR) is 74.8 cm³/mol. The molecule has 1 fully saturated rings.